The van der Waals surface area contributed by atoms with Gasteiger partial charge in [0.15, 0.2) is 5.60 Å². The first kappa shape index (κ1) is 12.9. The number of fused-ring (bicyclic) bond motifs is 5. The number of hydrogen-bond donors (Lipinski definition) is 1. The minimum absolute atomic E-state index is 0.227. The molecule has 4 aliphatic rings. The Hall–Kier alpha value is -1.82. The number of oxime groups is 1. The maximum absolute atomic E-state index is 11.5. The van der Waals surface area contributed by atoms with E-state index in [1.807, 2.05) is 18.4 Å². The number of piperazine rings is 1. The molecule has 6 heteroatoms. The summed E-state index contributed by atoms with van der Waals surface area (Å²) < 4.78 is 0. The van der Waals surface area contributed by atoms with Gasteiger partial charge in [-0.05, 0) is 31.5 Å². The molecule has 1 amide bonds. The molecule has 3 atom stereocenters. The lowest BCUT2D eigenvalue weighted by Crippen LogP contribution is -2.61. The second kappa shape index (κ2) is 4.59. The van der Waals surface area contributed by atoms with Crippen LogP contribution in [0, 0.1) is 0 Å². The summed E-state index contributed by atoms with van der Waals surface area (Å²) in [5.41, 5.74) is 7.15. The number of primary amides is 1. The van der Waals surface area contributed by atoms with Crippen molar-refractivity contribution in [3.8, 4) is 0 Å². The Kier molecular flexibility index (Phi) is 2.82. The molecule has 0 radical (unpaired) electrons. The van der Waals surface area contributed by atoms with E-state index in [0.717, 1.165) is 38.9 Å². The van der Waals surface area contributed by atoms with Crippen molar-refractivity contribution in [2.75, 3.05) is 26.2 Å². The first-order chi connectivity index (χ1) is 10.2. The van der Waals surface area contributed by atoms with Crippen LogP contribution in [0.3, 0.4) is 0 Å². The molecular formula is C15H20N4O2. The van der Waals surface area contributed by atoms with Crippen molar-refractivity contribution < 1.29 is 9.63 Å². The van der Waals surface area contributed by atoms with Crippen molar-refractivity contribution in [3.05, 3.63) is 23.4 Å². The summed E-state index contributed by atoms with van der Waals surface area (Å²) in [5, 5.41) is 4.05. The molecule has 2 N–H and O–H groups in total. The highest BCUT2D eigenvalue weighted by molar-refractivity contribution is 5.93. The number of hydrogen-bond acceptors (Lipinski definition) is 5. The van der Waals surface area contributed by atoms with Gasteiger partial charge in [-0.25, -0.2) is 0 Å². The van der Waals surface area contributed by atoms with Crippen LogP contribution in [-0.2, 0) is 9.63 Å². The summed E-state index contributed by atoms with van der Waals surface area (Å²) in [6, 6.07) is 0.227. The van der Waals surface area contributed by atoms with Gasteiger partial charge < -0.3 is 15.5 Å². The zero-order valence-corrected chi connectivity index (χ0v) is 12.0. The lowest BCUT2D eigenvalue weighted by molar-refractivity contribution is -0.115. The molecule has 0 aromatic heterocycles. The van der Waals surface area contributed by atoms with Crippen LogP contribution in [0.25, 0.3) is 0 Å². The SMILES string of the molecule is NC(=O)C1=CC=C2CN3CCCC4(CC=NO4)C(C3)N2C1. The van der Waals surface area contributed by atoms with Gasteiger partial charge in [0.05, 0.1) is 6.04 Å². The van der Waals surface area contributed by atoms with Crippen LogP contribution >= 0.6 is 0 Å². The largest absolute Gasteiger partial charge is 0.387 e. The fraction of sp³-hybridized carbons (Fsp3) is 0.600. The van der Waals surface area contributed by atoms with Crippen LogP contribution in [0.4, 0.5) is 0 Å². The van der Waals surface area contributed by atoms with E-state index < -0.39 is 0 Å². The Labute approximate surface area is 123 Å². The van der Waals surface area contributed by atoms with Crippen LogP contribution in [0.15, 0.2) is 28.6 Å². The molecule has 2 fully saturated rings. The van der Waals surface area contributed by atoms with E-state index in [1.165, 1.54) is 5.70 Å². The third-order valence-electron chi connectivity index (χ3n) is 5.12. The van der Waals surface area contributed by atoms with E-state index in [4.69, 9.17) is 10.6 Å². The Morgan fingerprint density at radius 3 is 3.10 bits per heavy atom. The first-order valence-corrected chi connectivity index (χ1v) is 7.56. The second-order valence-corrected chi connectivity index (χ2v) is 6.34. The average molecular weight is 288 g/mol. The fourth-order valence-corrected chi connectivity index (χ4v) is 3.99. The lowest BCUT2D eigenvalue weighted by Gasteiger charge is -2.49. The van der Waals surface area contributed by atoms with Gasteiger partial charge in [-0.15, -0.1) is 0 Å². The molecule has 0 saturated carbocycles. The van der Waals surface area contributed by atoms with Gasteiger partial charge in [0.25, 0.3) is 0 Å². The molecule has 3 unspecified atom stereocenters. The second-order valence-electron chi connectivity index (χ2n) is 6.34. The van der Waals surface area contributed by atoms with Crippen LogP contribution < -0.4 is 5.73 Å². The summed E-state index contributed by atoms with van der Waals surface area (Å²) >= 11 is 0. The van der Waals surface area contributed by atoms with E-state index in [0.29, 0.717) is 12.1 Å². The molecule has 0 aromatic rings. The van der Waals surface area contributed by atoms with E-state index in [-0.39, 0.29) is 17.6 Å². The van der Waals surface area contributed by atoms with E-state index in [2.05, 4.69) is 15.0 Å². The predicted molar refractivity (Wildman–Crippen MR) is 78.5 cm³/mol. The number of carbonyl (C=O) groups is 1. The molecule has 4 rings (SSSR count). The smallest absolute Gasteiger partial charge is 0.246 e. The molecule has 0 aliphatic carbocycles. The van der Waals surface area contributed by atoms with Gasteiger partial charge in [-0.2, -0.15) is 0 Å². The van der Waals surface area contributed by atoms with Crippen molar-refractivity contribution in [3.63, 3.8) is 0 Å². The van der Waals surface area contributed by atoms with Crippen LogP contribution in [-0.4, -0.2) is 59.7 Å². The van der Waals surface area contributed by atoms with Crippen molar-refractivity contribution >= 4 is 12.1 Å². The normalized spacial score (nSPS) is 37.4. The molecule has 6 nitrogen and oxygen atoms in total. The zero-order chi connectivity index (χ0) is 14.4. The van der Waals surface area contributed by atoms with Gasteiger partial charge in [-0.3, -0.25) is 9.69 Å². The number of carbonyl (C=O) groups excluding carboxylic acids is 1. The molecule has 112 valence electrons. The third-order valence-corrected chi connectivity index (χ3v) is 5.12. The van der Waals surface area contributed by atoms with Gasteiger partial charge in [0.2, 0.25) is 5.91 Å². The summed E-state index contributed by atoms with van der Waals surface area (Å²) in [6.07, 6.45) is 8.76. The Balaban J connectivity index is 1.70. The zero-order valence-electron chi connectivity index (χ0n) is 12.0. The minimum Gasteiger partial charge on any atom is -0.387 e. The van der Waals surface area contributed by atoms with Gasteiger partial charge in [0.1, 0.15) is 0 Å². The first-order valence-electron chi connectivity index (χ1n) is 7.56. The van der Waals surface area contributed by atoms with Crippen molar-refractivity contribution in [1.82, 2.24) is 9.80 Å². The molecule has 0 aromatic carbocycles. The van der Waals surface area contributed by atoms with Gasteiger partial charge >= 0.3 is 0 Å². The molecule has 21 heavy (non-hydrogen) atoms. The Bertz CT molecular complexity index is 558. The van der Waals surface area contributed by atoms with Crippen molar-refractivity contribution in [2.45, 2.75) is 30.9 Å². The molecule has 4 aliphatic heterocycles. The fourth-order valence-electron chi connectivity index (χ4n) is 3.99. The highest BCUT2D eigenvalue weighted by Crippen LogP contribution is 2.40. The van der Waals surface area contributed by atoms with E-state index in [9.17, 15) is 4.79 Å². The third kappa shape index (κ3) is 1.97. The summed E-state index contributed by atoms with van der Waals surface area (Å²) in [5.74, 6) is -0.334. The van der Waals surface area contributed by atoms with E-state index >= 15 is 0 Å². The van der Waals surface area contributed by atoms with Crippen molar-refractivity contribution in [1.29, 1.82) is 0 Å². The highest BCUT2D eigenvalue weighted by Gasteiger charge is 2.51. The number of allylic oxidation sites excluding steroid dienone is 2. The molecular weight excluding hydrogens is 268 g/mol. The Morgan fingerprint density at radius 2 is 2.33 bits per heavy atom. The lowest BCUT2D eigenvalue weighted by atomic mass is 9.84. The number of nitrogens with zero attached hydrogens (tertiary/aromatic N) is 3. The van der Waals surface area contributed by atoms with Crippen LogP contribution in [0.2, 0.25) is 0 Å². The topological polar surface area (TPSA) is 71.2 Å². The average Bonchev–Trinajstić information content (AvgIpc) is 2.90. The monoisotopic (exact) mass is 288 g/mol. The van der Waals surface area contributed by atoms with Gasteiger partial charge in [0, 0.05) is 43.5 Å². The van der Waals surface area contributed by atoms with Crippen LogP contribution in [0.1, 0.15) is 19.3 Å². The maximum Gasteiger partial charge on any atom is 0.246 e. The molecule has 4 heterocycles. The summed E-state index contributed by atoms with van der Waals surface area (Å²) in [7, 11) is 0. The summed E-state index contributed by atoms with van der Waals surface area (Å²) in [6.45, 7) is 3.59. The van der Waals surface area contributed by atoms with E-state index in [1.54, 1.807) is 0 Å². The summed E-state index contributed by atoms with van der Waals surface area (Å²) in [4.78, 5) is 22.1. The molecule has 2 bridgehead atoms. The molecule has 1 spiro atoms. The van der Waals surface area contributed by atoms with Gasteiger partial charge in [-0.1, -0.05) is 5.16 Å². The Morgan fingerprint density at radius 1 is 1.43 bits per heavy atom. The minimum atomic E-state index is -0.334. The standard InChI is InChI=1S/C15H20N4O2/c16-14(20)11-2-3-12-9-18-7-1-4-15(5-6-17-21-15)13(10-18)19(12)8-11/h2-3,6,13H,1,4-5,7-10H2,(H2,16,20). The molecule has 2 saturated heterocycles. The quantitative estimate of drug-likeness (QED) is 0.749. The van der Waals surface area contributed by atoms with Crippen LogP contribution in [0.5, 0.6) is 0 Å². The number of rotatable bonds is 1. The number of amides is 1. The maximum atomic E-state index is 11.5. The number of nitrogens with two attached hydrogens (primary N) is 1. The predicted octanol–water partition coefficient (Wildman–Crippen LogP) is 0.220. The highest BCUT2D eigenvalue weighted by atomic mass is 16.7. The van der Waals surface area contributed by atoms with Crippen molar-refractivity contribution in [2.24, 2.45) is 10.9 Å².